The second-order valence-corrected chi connectivity index (χ2v) is 4.45. The third kappa shape index (κ3) is 1.71. The van der Waals surface area contributed by atoms with Gasteiger partial charge in [0.2, 0.25) is 0 Å². The minimum absolute atomic E-state index is 0.602. The lowest BCUT2D eigenvalue weighted by molar-refractivity contribution is 0.105. The van der Waals surface area contributed by atoms with Crippen molar-refractivity contribution in [3.8, 4) is 0 Å². The van der Waals surface area contributed by atoms with E-state index in [1.807, 2.05) is 13.8 Å². The molecule has 0 aromatic carbocycles. The second kappa shape index (κ2) is 3.21. The topological polar surface area (TPSA) is 20.2 Å². The van der Waals surface area contributed by atoms with Gasteiger partial charge < -0.3 is 5.11 Å². The predicted octanol–water partition coefficient (Wildman–Crippen LogP) is 2.75. The van der Waals surface area contributed by atoms with Crippen LogP contribution in [0.15, 0.2) is 11.6 Å². The van der Waals surface area contributed by atoms with Gasteiger partial charge in [-0.2, -0.15) is 0 Å². The molecule has 12 heavy (non-hydrogen) atoms. The lowest BCUT2D eigenvalue weighted by atomic mass is 9.83. The Morgan fingerprint density at radius 3 is 2.50 bits per heavy atom. The van der Waals surface area contributed by atoms with Crippen LogP contribution in [0.2, 0.25) is 0 Å². The highest BCUT2D eigenvalue weighted by Gasteiger charge is 2.32. The SMILES string of the molecule is CC[C@H]1C(C(C)(C)O)=CC[C@@H]1C. The summed E-state index contributed by atoms with van der Waals surface area (Å²) in [6.45, 7) is 8.24. The molecule has 0 aliphatic heterocycles. The Labute approximate surface area is 75.5 Å². The largest absolute Gasteiger partial charge is 0.386 e. The summed E-state index contributed by atoms with van der Waals surface area (Å²) in [5, 5.41) is 9.87. The Hall–Kier alpha value is -0.300. The van der Waals surface area contributed by atoms with Gasteiger partial charge in [0.1, 0.15) is 0 Å². The maximum atomic E-state index is 9.87. The molecule has 1 nitrogen and oxygen atoms in total. The highest BCUT2D eigenvalue weighted by Crippen LogP contribution is 2.39. The van der Waals surface area contributed by atoms with Crippen molar-refractivity contribution >= 4 is 0 Å². The summed E-state index contributed by atoms with van der Waals surface area (Å²) in [6.07, 6.45) is 4.51. The monoisotopic (exact) mass is 168 g/mol. The van der Waals surface area contributed by atoms with Crippen LogP contribution in [0.25, 0.3) is 0 Å². The van der Waals surface area contributed by atoms with Crippen molar-refractivity contribution in [1.82, 2.24) is 0 Å². The molecule has 0 radical (unpaired) electrons. The van der Waals surface area contributed by atoms with Gasteiger partial charge in [0.25, 0.3) is 0 Å². The number of allylic oxidation sites excluding steroid dienone is 1. The third-order valence-corrected chi connectivity index (χ3v) is 2.94. The molecule has 1 heteroatoms. The average molecular weight is 168 g/mol. The molecule has 0 aromatic heterocycles. The predicted molar refractivity (Wildman–Crippen MR) is 51.9 cm³/mol. The zero-order valence-electron chi connectivity index (χ0n) is 8.59. The third-order valence-electron chi connectivity index (χ3n) is 2.94. The fourth-order valence-electron chi connectivity index (χ4n) is 2.26. The van der Waals surface area contributed by atoms with Crippen LogP contribution in [0.1, 0.15) is 40.5 Å². The van der Waals surface area contributed by atoms with Gasteiger partial charge in [0.05, 0.1) is 5.60 Å². The first-order valence-electron chi connectivity index (χ1n) is 4.89. The van der Waals surface area contributed by atoms with Gasteiger partial charge in [-0.25, -0.2) is 0 Å². The smallest absolute Gasteiger partial charge is 0.0803 e. The van der Waals surface area contributed by atoms with Gasteiger partial charge in [-0.05, 0) is 44.1 Å². The molecule has 0 saturated carbocycles. The highest BCUT2D eigenvalue weighted by atomic mass is 16.3. The summed E-state index contributed by atoms with van der Waals surface area (Å²) in [7, 11) is 0. The van der Waals surface area contributed by atoms with Crippen molar-refractivity contribution in [2.75, 3.05) is 0 Å². The van der Waals surface area contributed by atoms with Crippen molar-refractivity contribution in [3.63, 3.8) is 0 Å². The van der Waals surface area contributed by atoms with E-state index in [4.69, 9.17) is 0 Å². The van der Waals surface area contributed by atoms with E-state index in [0.717, 1.165) is 18.8 Å². The second-order valence-electron chi connectivity index (χ2n) is 4.45. The first-order valence-corrected chi connectivity index (χ1v) is 4.89. The normalized spacial score (nSPS) is 30.6. The first kappa shape index (κ1) is 9.79. The van der Waals surface area contributed by atoms with Gasteiger partial charge >= 0.3 is 0 Å². The molecule has 0 amide bonds. The zero-order chi connectivity index (χ0) is 9.35. The summed E-state index contributed by atoms with van der Waals surface area (Å²) >= 11 is 0. The highest BCUT2D eigenvalue weighted by molar-refractivity contribution is 5.22. The van der Waals surface area contributed by atoms with Crippen molar-refractivity contribution < 1.29 is 5.11 Å². The minimum atomic E-state index is -0.606. The molecule has 0 spiro atoms. The van der Waals surface area contributed by atoms with E-state index in [-0.39, 0.29) is 0 Å². The van der Waals surface area contributed by atoms with Gasteiger partial charge in [0, 0.05) is 0 Å². The fraction of sp³-hybridized carbons (Fsp3) is 0.818. The van der Waals surface area contributed by atoms with E-state index in [1.165, 1.54) is 5.57 Å². The van der Waals surface area contributed by atoms with Crippen LogP contribution in [-0.2, 0) is 0 Å². The van der Waals surface area contributed by atoms with Gasteiger partial charge in [0.15, 0.2) is 0 Å². The lowest BCUT2D eigenvalue weighted by Gasteiger charge is -2.27. The minimum Gasteiger partial charge on any atom is -0.386 e. The van der Waals surface area contributed by atoms with Crippen LogP contribution >= 0.6 is 0 Å². The van der Waals surface area contributed by atoms with E-state index in [0.29, 0.717) is 5.92 Å². The number of rotatable bonds is 2. The van der Waals surface area contributed by atoms with Crippen molar-refractivity contribution in [2.24, 2.45) is 11.8 Å². The Kier molecular flexibility index (Phi) is 2.62. The van der Waals surface area contributed by atoms with E-state index >= 15 is 0 Å². The summed E-state index contributed by atoms with van der Waals surface area (Å²) < 4.78 is 0. The van der Waals surface area contributed by atoms with E-state index in [1.54, 1.807) is 0 Å². The zero-order valence-corrected chi connectivity index (χ0v) is 8.59. The molecule has 1 aliphatic carbocycles. The fourth-order valence-corrected chi connectivity index (χ4v) is 2.26. The van der Waals surface area contributed by atoms with E-state index in [2.05, 4.69) is 19.9 Å². The van der Waals surface area contributed by atoms with Crippen molar-refractivity contribution in [2.45, 2.75) is 46.1 Å². The molecule has 0 bridgehead atoms. The molecular formula is C11H20O. The van der Waals surface area contributed by atoms with Gasteiger partial charge in [-0.1, -0.05) is 19.9 Å². The quantitative estimate of drug-likeness (QED) is 0.629. The van der Waals surface area contributed by atoms with E-state index in [9.17, 15) is 5.11 Å². The first-order chi connectivity index (χ1) is 5.46. The van der Waals surface area contributed by atoms with Gasteiger partial charge in [-0.3, -0.25) is 0 Å². The summed E-state index contributed by atoms with van der Waals surface area (Å²) in [5.74, 6) is 1.32. The lowest BCUT2D eigenvalue weighted by Crippen LogP contribution is -2.26. The van der Waals surface area contributed by atoms with Crippen LogP contribution in [0, 0.1) is 11.8 Å². The summed E-state index contributed by atoms with van der Waals surface area (Å²) in [6, 6.07) is 0. The Morgan fingerprint density at radius 1 is 1.58 bits per heavy atom. The van der Waals surface area contributed by atoms with E-state index < -0.39 is 5.60 Å². The molecule has 0 aromatic rings. The van der Waals surface area contributed by atoms with Crippen molar-refractivity contribution in [3.05, 3.63) is 11.6 Å². The Morgan fingerprint density at radius 2 is 2.17 bits per heavy atom. The molecule has 1 N–H and O–H groups in total. The Bertz CT molecular complexity index is 186. The van der Waals surface area contributed by atoms with Crippen LogP contribution in [0.5, 0.6) is 0 Å². The van der Waals surface area contributed by atoms with Crippen LogP contribution in [-0.4, -0.2) is 10.7 Å². The van der Waals surface area contributed by atoms with Crippen LogP contribution in [0.3, 0.4) is 0 Å². The molecule has 0 unspecified atom stereocenters. The Balaban J connectivity index is 2.78. The molecule has 2 atom stereocenters. The number of hydrogen-bond acceptors (Lipinski definition) is 1. The molecule has 0 heterocycles. The number of hydrogen-bond donors (Lipinski definition) is 1. The summed E-state index contributed by atoms with van der Waals surface area (Å²) in [5.41, 5.74) is 0.642. The molecule has 0 fully saturated rings. The molecule has 1 rings (SSSR count). The summed E-state index contributed by atoms with van der Waals surface area (Å²) in [4.78, 5) is 0. The van der Waals surface area contributed by atoms with Crippen LogP contribution < -0.4 is 0 Å². The molecular weight excluding hydrogens is 148 g/mol. The molecule has 1 aliphatic rings. The average Bonchev–Trinajstić information content (AvgIpc) is 2.29. The number of aliphatic hydroxyl groups is 1. The maximum Gasteiger partial charge on any atom is 0.0803 e. The standard InChI is InChI=1S/C11H20O/c1-5-9-8(2)6-7-10(9)11(3,4)12/h7-9,12H,5-6H2,1-4H3/t8-,9+/m0/s1. The van der Waals surface area contributed by atoms with Crippen molar-refractivity contribution in [1.29, 1.82) is 0 Å². The van der Waals surface area contributed by atoms with Crippen LogP contribution in [0.4, 0.5) is 0 Å². The molecule has 0 saturated heterocycles. The van der Waals surface area contributed by atoms with Gasteiger partial charge in [-0.15, -0.1) is 0 Å². The maximum absolute atomic E-state index is 9.87. The molecule has 70 valence electrons.